The Labute approximate surface area is 184 Å². The van der Waals surface area contributed by atoms with E-state index < -0.39 is 11.7 Å². The quantitative estimate of drug-likeness (QED) is 0.741. The van der Waals surface area contributed by atoms with E-state index in [9.17, 15) is 9.59 Å². The van der Waals surface area contributed by atoms with E-state index in [1.807, 2.05) is 6.07 Å². The maximum atomic E-state index is 12.5. The smallest absolute Gasteiger partial charge is 0.412 e. The normalized spacial score (nSPS) is 14.7. The van der Waals surface area contributed by atoms with Crippen molar-refractivity contribution in [3.8, 4) is 0 Å². The molecular formula is C24H32N4O3. The highest BCUT2D eigenvalue weighted by Crippen LogP contribution is 2.16. The Bertz CT molecular complexity index is 872. The third kappa shape index (κ3) is 7.29. The molecular weight excluding hydrogens is 392 g/mol. The van der Waals surface area contributed by atoms with Gasteiger partial charge in [-0.1, -0.05) is 24.3 Å². The minimum atomic E-state index is -0.578. The zero-order valence-electron chi connectivity index (χ0n) is 18.6. The Hall–Kier alpha value is -3.06. The lowest BCUT2D eigenvalue weighted by atomic mass is 10.2. The van der Waals surface area contributed by atoms with Gasteiger partial charge in [0.25, 0.3) is 5.91 Å². The standard InChI is InChI=1S/C24H32N4O3/c1-24(2,3)31-23(30)26-20-9-7-8-19(18-20)22(29)25-12-13-27-14-16-28(17-15-27)21-10-5-4-6-11-21/h4-11,18H,12-17H2,1-3H3,(H,25,29)(H,26,30). The predicted molar refractivity (Wildman–Crippen MR) is 124 cm³/mol. The zero-order valence-corrected chi connectivity index (χ0v) is 18.6. The molecule has 7 heteroatoms. The van der Waals surface area contributed by atoms with Gasteiger partial charge < -0.3 is 15.0 Å². The largest absolute Gasteiger partial charge is 0.444 e. The molecule has 2 amide bonds. The Morgan fingerprint density at radius 1 is 0.968 bits per heavy atom. The summed E-state index contributed by atoms with van der Waals surface area (Å²) in [7, 11) is 0. The Morgan fingerprint density at radius 3 is 2.35 bits per heavy atom. The molecule has 1 aliphatic rings. The number of benzene rings is 2. The van der Waals surface area contributed by atoms with Crippen LogP contribution in [0.3, 0.4) is 0 Å². The van der Waals surface area contributed by atoms with Crippen LogP contribution in [0.1, 0.15) is 31.1 Å². The van der Waals surface area contributed by atoms with Crippen LogP contribution in [0, 0.1) is 0 Å². The molecule has 2 aromatic carbocycles. The second kappa shape index (κ2) is 10.3. The number of piperazine rings is 1. The van der Waals surface area contributed by atoms with E-state index in [1.165, 1.54) is 5.69 Å². The SMILES string of the molecule is CC(C)(C)OC(=O)Nc1cccc(C(=O)NCCN2CCN(c3ccccc3)CC2)c1. The number of ether oxygens (including phenoxy) is 1. The van der Waals surface area contributed by atoms with Gasteiger partial charge in [0, 0.05) is 56.2 Å². The third-order valence-electron chi connectivity index (χ3n) is 4.98. The van der Waals surface area contributed by atoms with Crippen molar-refractivity contribution in [1.29, 1.82) is 0 Å². The molecule has 166 valence electrons. The zero-order chi connectivity index (χ0) is 22.3. The van der Waals surface area contributed by atoms with Gasteiger partial charge in [0.05, 0.1) is 0 Å². The summed E-state index contributed by atoms with van der Waals surface area (Å²) in [5.41, 5.74) is 1.71. The fourth-order valence-corrected chi connectivity index (χ4v) is 3.46. The third-order valence-corrected chi connectivity index (χ3v) is 4.98. The molecule has 0 spiro atoms. The fraction of sp³-hybridized carbons (Fsp3) is 0.417. The molecule has 1 saturated heterocycles. The van der Waals surface area contributed by atoms with E-state index in [2.05, 4.69) is 44.7 Å². The van der Waals surface area contributed by atoms with Gasteiger partial charge in [-0.05, 0) is 51.1 Å². The maximum Gasteiger partial charge on any atom is 0.412 e. The van der Waals surface area contributed by atoms with Crippen LogP contribution in [-0.4, -0.2) is 61.8 Å². The van der Waals surface area contributed by atoms with Crippen molar-refractivity contribution in [1.82, 2.24) is 10.2 Å². The average molecular weight is 425 g/mol. The van der Waals surface area contributed by atoms with Gasteiger partial charge in [-0.25, -0.2) is 4.79 Å². The molecule has 1 fully saturated rings. The molecule has 0 radical (unpaired) electrons. The highest BCUT2D eigenvalue weighted by atomic mass is 16.6. The van der Waals surface area contributed by atoms with E-state index >= 15 is 0 Å². The predicted octanol–water partition coefficient (Wildman–Crippen LogP) is 3.59. The first-order valence-electron chi connectivity index (χ1n) is 10.7. The summed E-state index contributed by atoms with van der Waals surface area (Å²) in [5, 5.41) is 5.63. The number of carbonyl (C=O) groups excluding carboxylic acids is 2. The Kier molecular flexibility index (Phi) is 7.52. The van der Waals surface area contributed by atoms with E-state index in [-0.39, 0.29) is 5.91 Å². The molecule has 0 aromatic heterocycles. The van der Waals surface area contributed by atoms with Gasteiger partial charge in [0.1, 0.15) is 5.60 Å². The average Bonchev–Trinajstić information content (AvgIpc) is 2.73. The van der Waals surface area contributed by atoms with Crippen LogP contribution in [0.4, 0.5) is 16.2 Å². The number of amides is 2. The number of hydrogen-bond donors (Lipinski definition) is 2. The molecule has 0 atom stereocenters. The van der Waals surface area contributed by atoms with Gasteiger partial charge >= 0.3 is 6.09 Å². The van der Waals surface area contributed by atoms with Crippen molar-refractivity contribution in [3.63, 3.8) is 0 Å². The number of hydrogen-bond acceptors (Lipinski definition) is 5. The molecule has 0 bridgehead atoms. The molecule has 0 aliphatic carbocycles. The van der Waals surface area contributed by atoms with Gasteiger partial charge in [0.2, 0.25) is 0 Å². The number of rotatable bonds is 6. The lowest BCUT2D eigenvalue weighted by Gasteiger charge is -2.36. The molecule has 3 rings (SSSR count). The van der Waals surface area contributed by atoms with Crippen molar-refractivity contribution in [2.24, 2.45) is 0 Å². The first-order chi connectivity index (χ1) is 14.8. The molecule has 1 aliphatic heterocycles. The van der Waals surface area contributed by atoms with E-state index in [0.29, 0.717) is 17.8 Å². The van der Waals surface area contributed by atoms with Crippen LogP contribution in [0.15, 0.2) is 54.6 Å². The maximum absolute atomic E-state index is 12.5. The highest BCUT2D eigenvalue weighted by Gasteiger charge is 2.18. The number of nitrogens with one attached hydrogen (secondary N) is 2. The monoisotopic (exact) mass is 424 g/mol. The summed E-state index contributed by atoms with van der Waals surface area (Å²) in [6, 6.07) is 17.3. The molecule has 0 unspecified atom stereocenters. The summed E-state index contributed by atoms with van der Waals surface area (Å²) in [5.74, 6) is -0.157. The van der Waals surface area contributed by atoms with E-state index in [1.54, 1.807) is 45.0 Å². The van der Waals surface area contributed by atoms with Gasteiger partial charge in [-0.3, -0.25) is 15.0 Å². The number of anilines is 2. The van der Waals surface area contributed by atoms with Crippen molar-refractivity contribution in [2.45, 2.75) is 26.4 Å². The van der Waals surface area contributed by atoms with E-state index in [4.69, 9.17) is 4.74 Å². The van der Waals surface area contributed by atoms with Gasteiger partial charge in [-0.15, -0.1) is 0 Å². The number of para-hydroxylation sites is 1. The fourth-order valence-electron chi connectivity index (χ4n) is 3.46. The molecule has 0 saturated carbocycles. The first kappa shape index (κ1) is 22.6. The minimum Gasteiger partial charge on any atom is -0.444 e. The summed E-state index contributed by atoms with van der Waals surface area (Å²) in [6.45, 7) is 10.7. The van der Waals surface area contributed by atoms with Crippen LogP contribution in [0.2, 0.25) is 0 Å². The molecule has 31 heavy (non-hydrogen) atoms. The van der Waals surface area contributed by atoms with Crippen LogP contribution < -0.4 is 15.5 Å². The minimum absolute atomic E-state index is 0.157. The number of nitrogens with zero attached hydrogens (tertiary/aromatic N) is 2. The van der Waals surface area contributed by atoms with Crippen molar-refractivity contribution >= 4 is 23.4 Å². The summed E-state index contributed by atoms with van der Waals surface area (Å²) < 4.78 is 5.25. The van der Waals surface area contributed by atoms with E-state index in [0.717, 1.165) is 32.7 Å². The summed E-state index contributed by atoms with van der Waals surface area (Å²) in [4.78, 5) is 29.2. The summed E-state index contributed by atoms with van der Waals surface area (Å²) >= 11 is 0. The number of carbonyl (C=O) groups is 2. The topological polar surface area (TPSA) is 73.9 Å². The van der Waals surface area contributed by atoms with Gasteiger partial charge in [0.15, 0.2) is 0 Å². The first-order valence-corrected chi connectivity index (χ1v) is 10.7. The van der Waals surface area contributed by atoms with Crippen molar-refractivity contribution in [3.05, 3.63) is 60.2 Å². The Balaban J connectivity index is 1.41. The molecule has 7 nitrogen and oxygen atoms in total. The van der Waals surface area contributed by atoms with Crippen molar-refractivity contribution in [2.75, 3.05) is 49.5 Å². The summed E-state index contributed by atoms with van der Waals surface area (Å²) in [6.07, 6.45) is -0.542. The second-order valence-electron chi connectivity index (χ2n) is 8.63. The lowest BCUT2D eigenvalue weighted by molar-refractivity contribution is 0.0635. The molecule has 1 heterocycles. The van der Waals surface area contributed by atoms with Crippen molar-refractivity contribution < 1.29 is 14.3 Å². The Morgan fingerprint density at radius 2 is 1.68 bits per heavy atom. The molecule has 2 N–H and O–H groups in total. The van der Waals surface area contributed by atoms with Crippen LogP contribution >= 0.6 is 0 Å². The van der Waals surface area contributed by atoms with Crippen LogP contribution in [0.25, 0.3) is 0 Å². The van der Waals surface area contributed by atoms with Crippen LogP contribution in [0.5, 0.6) is 0 Å². The lowest BCUT2D eigenvalue weighted by Crippen LogP contribution is -2.48. The molecule has 2 aromatic rings. The van der Waals surface area contributed by atoms with Gasteiger partial charge in [-0.2, -0.15) is 0 Å². The van der Waals surface area contributed by atoms with Crippen LogP contribution in [-0.2, 0) is 4.74 Å². The second-order valence-corrected chi connectivity index (χ2v) is 8.63. The highest BCUT2D eigenvalue weighted by molar-refractivity contribution is 5.96.